The van der Waals surface area contributed by atoms with Crippen molar-refractivity contribution in [1.82, 2.24) is 4.90 Å². The van der Waals surface area contributed by atoms with Gasteiger partial charge in [0.1, 0.15) is 11.6 Å². The number of carboxylic acids is 1. The number of carboxylic acid groups (broad SMARTS) is 1. The highest BCUT2D eigenvalue weighted by Crippen LogP contribution is 2.25. The van der Waals surface area contributed by atoms with Gasteiger partial charge in [-0.25, -0.2) is 9.59 Å². The lowest BCUT2D eigenvalue weighted by Crippen LogP contribution is -2.43. The summed E-state index contributed by atoms with van der Waals surface area (Å²) in [6.45, 7) is 5.77. The summed E-state index contributed by atoms with van der Waals surface area (Å²) in [7, 11) is 0. The molecule has 7 heteroatoms. The van der Waals surface area contributed by atoms with Crippen molar-refractivity contribution in [2.24, 2.45) is 0 Å². The highest BCUT2D eigenvalue weighted by molar-refractivity contribution is 9.10. The van der Waals surface area contributed by atoms with E-state index < -0.39 is 23.6 Å². The minimum Gasteiger partial charge on any atom is -0.478 e. The Balaban J connectivity index is 2.25. The van der Waals surface area contributed by atoms with E-state index in [1.807, 2.05) is 0 Å². The number of hydrogen-bond donors (Lipinski definition) is 1. The van der Waals surface area contributed by atoms with E-state index in [1.165, 1.54) is 17.0 Å². The summed E-state index contributed by atoms with van der Waals surface area (Å²) in [6.07, 6.45) is 1.25. The third-order valence-corrected chi connectivity index (χ3v) is 4.04. The van der Waals surface area contributed by atoms with E-state index in [2.05, 4.69) is 15.9 Å². The number of aromatic carboxylic acids is 1. The number of ether oxygens (including phenoxy) is 1. The number of amides is 1. The van der Waals surface area contributed by atoms with E-state index in [0.29, 0.717) is 23.9 Å². The van der Waals surface area contributed by atoms with Crippen LogP contribution < -0.4 is 0 Å². The molecule has 1 aliphatic heterocycles. The van der Waals surface area contributed by atoms with Gasteiger partial charge in [-0.15, -0.1) is 0 Å². The average molecular weight is 398 g/mol. The fraction of sp³-hybridized carbons (Fsp3) is 0.471. The summed E-state index contributed by atoms with van der Waals surface area (Å²) in [5, 5.41) is 9.13. The molecule has 1 atom stereocenters. The van der Waals surface area contributed by atoms with Crippen molar-refractivity contribution < 1.29 is 24.2 Å². The van der Waals surface area contributed by atoms with Gasteiger partial charge in [0.25, 0.3) is 5.91 Å². The van der Waals surface area contributed by atoms with Crippen LogP contribution in [0.4, 0.5) is 0 Å². The minimum absolute atomic E-state index is 0.0146. The van der Waals surface area contributed by atoms with Gasteiger partial charge >= 0.3 is 11.9 Å². The summed E-state index contributed by atoms with van der Waals surface area (Å²) in [5.41, 5.74) is -0.376. The quantitative estimate of drug-likeness (QED) is 0.792. The number of rotatable bonds is 3. The van der Waals surface area contributed by atoms with Crippen LogP contribution in [0.5, 0.6) is 0 Å². The van der Waals surface area contributed by atoms with Crippen molar-refractivity contribution in [1.29, 1.82) is 0 Å². The molecule has 6 nitrogen and oxygen atoms in total. The van der Waals surface area contributed by atoms with Crippen molar-refractivity contribution in [3.63, 3.8) is 0 Å². The fourth-order valence-electron chi connectivity index (χ4n) is 2.63. The molecule has 1 aromatic rings. The van der Waals surface area contributed by atoms with Gasteiger partial charge in [-0.3, -0.25) is 4.79 Å². The van der Waals surface area contributed by atoms with Crippen molar-refractivity contribution in [2.75, 3.05) is 6.54 Å². The topological polar surface area (TPSA) is 83.9 Å². The lowest BCUT2D eigenvalue weighted by molar-refractivity contribution is -0.159. The van der Waals surface area contributed by atoms with Crippen LogP contribution in [0.25, 0.3) is 0 Å². The van der Waals surface area contributed by atoms with Gasteiger partial charge in [0.05, 0.1) is 5.56 Å². The third-order valence-electron chi connectivity index (χ3n) is 3.58. The maximum Gasteiger partial charge on any atom is 0.335 e. The van der Waals surface area contributed by atoms with Gasteiger partial charge in [-0.2, -0.15) is 0 Å². The third kappa shape index (κ3) is 4.35. The molecule has 1 fully saturated rings. The molecule has 1 amide bonds. The van der Waals surface area contributed by atoms with Gasteiger partial charge in [0, 0.05) is 16.6 Å². The number of nitrogens with zero attached hydrogens (tertiary/aromatic N) is 1. The summed E-state index contributed by atoms with van der Waals surface area (Å²) < 4.78 is 5.89. The van der Waals surface area contributed by atoms with Crippen LogP contribution in [-0.2, 0) is 9.53 Å². The maximum absolute atomic E-state index is 12.8. The SMILES string of the molecule is CC(C)(C)OC(=O)[C@H]1CCCN1C(=O)c1cc(Br)cc(C(=O)O)c1. The molecular formula is C17H20BrNO5. The Morgan fingerprint density at radius 2 is 1.83 bits per heavy atom. The molecule has 0 spiro atoms. The van der Waals surface area contributed by atoms with Crippen LogP contribution in [0, 0.1) is 0 Å². The number of halogens is 1. The van der Waals surface area contributed by atoms with E-state index in [-0.39, 0.29) is 17.0 Å². The minimum atomic E-state index is -1.12. The molecule has 1 aliphatic rings. The standard InChI is InChI=1S/C17H20BrNO5/c1-17(2,3)24-16(23)13-5-4-6-19(13)14(20)10-7-11(15(21)22)9-12(18)8-10/h7-9,13H,4-6H2,1-3H3,(H,21,22)/t13-/m1/s1. The zero-order valence-electron chi connectivity index (χ0n) is 13.8. The Labute approximate surface area is 148 Å². The Bertz CT molecular complexity index is 680. The van der Waals surface area contributed by atoms with Crippen molar-refractivity contribution in [3.05, 3.63) is 33.8 Å². The molecule has 0 aromatic heterocycles. The van der Waals surface area contributed by atoms with E-state index in [0.717, 1.165) is 0 Å². The van der Waals surface area contributed by atoms with E-state index in [9.17, 15) is 14.4 Å². The normalized spacial score (nSPS) is 17.7. The number of likely N-dealkylation sites (tertiary alicyclic amines) is 1. The molecule has 2 rings (SSSR count). The molecule has 24 heavy (non-hydrogen) atoms. The smallest absolute Gasteiger partial charge is 0.335 e. The summed E-state index contributed by atoms with van der Waals surface area (Å²) >= 11 is 3.22. The molecule has 0 aliphatic carbocycles. The highest BCUT2D eigenvalue weighted by Gasteiger charge is 2.37. The van der Waals surface area contributed by atoms with Gasteiger partial charge in [-0.05, 0) is 51.8 Å². The molecule has 1 aromatic carbocycles. The molecule has 1 N–H and O–H groups in total. The van der Waals surface area contributed by atoms with Crippen LogP contribution in [0.1, 0.15) is 54.3 Å². The zero-order valence-corrected chi connectivity index (χ0v) is 15.4. The number of hydrogen-bond acceptors (Lipinski definition) is 4. The van der Waals surface area contributed by atoms with Gasteiger partial charge in [0.2, 0.25) is 0 Å². The fourth-order valence-corrected chi connectivity index (χ4v) is 3.12. The van der Waals surface area contributed by atoms with Crippen LogP contribution >= 0.6 is 15.9 Å². The number of esters is 1. The second-order valence-electron chi connectivity index (χ2n) is 6.72. The predicted molar refractivity (Wildman–Crippen MR) is 91.0 cm³/mol. The Morgan fingerprint density at radius 3 is 2.42 bits per heavy atom. The van der Waals surface area contributed by atoms with Crippen LogP contribution in [0.2, 0.25) is 0 Å². The molecular weight excluding hydrogens is 378 g/mol. The number of carbonyl (C=O) groups is 3. The lowest BCUT2D eigenvalue weighted by Gasteiger charge is -2.27. The molecule has 1 saturated heterocycles. The maximum atomic E-state index is 12.8. The summed E-state index contributed by atoms with van der Waals surface area (Å²) in [6, 6.07) is 3.66. The number of carbonyl (C=O) groups excluding carboxylic acids is 2. The molecule has 0 bridgehead atoms. The van der Waals surface area contributed by atoms with E-state index in [1.54, 1.807) is 26.8 Å². The van der Waals surface area contributed by atoms with Crippen LogP contribution in [0.3, 0.4) is 0 Å². The van der Waals surface area contributed by atoms with Crippen LogP contribution in [0.15, 0.2) is 22.7 Å². The molecule has 0 unspecified atom stereocenters. The second kappa shape index (κ2) is 6.93. The highest BCUT2D eigenvalue weighted by atomic mass is 79.9. The average Bonchev–Trinajstić information content (AvgIpc) is 2.93. The molecule has 0 saturated carbocycles. The van der Waals surface area contributed by atoms with Gasteiger partial charge in [0.15, 0.2) is 0 Å². The Kier molecular flexibility index (Phi) is 5.32. The first kappa shape index (κ1) is 18.4. The lowest BCUT2D eigenvalue weighted by atomic mass is 10.1. The van der Waals surface area contributed by atoms with Gasteiger partial charge in [-0.1, -0.05) is 15.9 Å². The first-order chi connectivity index (χ1) is 11.1. The molecule has 130 valence electrons. The largest absolute Gasteiger partial charge is 0.478 e. The van der Waals surface area contributed by atoms with Gasteiger partial charge < -0.3 is 14.7 Å². The first-order valence-electron chi connectivity index (χ1n) is 7.66. The second-order valence-corrected chi connectivity index (χ2v) is 7.64. The predicted octanol–water partition coefficient (Wildman–Crippen LogP) is 3.09. The Morgan fingerprint density at radius 1 is 1.21 bits per heavy atom. The summed E-state index contributed by atoms with van der Waals surface area (Å²) in [5.74, 6) is -1.91. The number of benzene rings is 1. The zero-order chi connectivity index (χ0) is 18.1. The Hall–Kier alpha value is -1.89. The van der Waals surface area contributed by atoms with E-state index in [4.69, 9.17) is 9.84 Å². The van der Waals surface area contributed by atoms with Crippen LogP contribution in [-0.4, -0.2) is 46.0 Å². The summed E-state index contributed by atoms with van der Waals surface area (Å²) in [4.78, 5) is 37.7. The molecule has 0 radical (unpaired) electrons. The van der Waals surface area contributed by atoms with Crippen molar-refractivity contribution in [2.45, 2.75) is 45.3 Å². The van der Waals surface area contributed by atoms with E-state index >= 15 is 0 Å². The monoisotopic (exact) mass is 397 g/mol. The molecule has 1 heterocycles. The van der Waals surface area contributed by atoms with Crippen molar-refractivity contribution >= 4 is 33.8 Å². The first-order valence-corrected chi connectivity index (χ1v) is 8.45. The van der Waals surface area contributed by atoms with Crippen molar-refractivity contribution in [3.8, 4) is 0 Å².